The van der Waals surface area contributed by atoms with Gasteiger partial charge in [0, 0.05) is 6.04 Å². The number of halogens is 3. The van der Waals surface area contributed by atoms with Crippen LogP contribution in [0.4, 0.5) is 5.69 Å². The lowest BCUT2D eigenvalue weighted by Crippen LogP contribution is -2.39. The van der Waals surface area contributed by atoms with Crippen LogP contribution >= 0.6 is 34.8 Å². The van der Waals surface area contributed by atoms with Gasteiger partial charge in [0.25, 0.3) is 0 Å². The molecule has 0 aliphatic rings. The molecule has 0 aliphatic heterocycles. The fourth-order valence-corrected chi connectivity index (χ4v) is 2.74. The highest BCUT2D eigenvalue weighted by Crippen LogP contribution is 2.32. The fourth-order valence-electron chi connectivity index (χ4n) is 2.15. The molecule has 2 N–H and O–H groups in total. The van der Waals surface area contributed by atoms with Crippen molar-refractivity contribution in [2.24, 2.45) is 0 Å². The van der Waals surface area contributed by atoms with Gasteiger partial charge in [0.1, 0.15) is 0 Å². The summed E-state index contributed by atoms with van der Waals surface area (Å²) < 4.78 is 0. The zero-order valence-corrected chi connectivity index (χ0v) is 15.0. The lowest BCUT2D eigenvalue weighted by atomic mass is 10.1. The smallest absolute Gasteiger partial charge is 0.241 e. The maximum atomic E-state index is 12.3. The molecule has 0 saturated heterocycles. The first kappa shape index (κ1) is 18.1. The van der Waals surface area contributed by atoms with Crippen molar-refractivity contribution in [1.29, 1.82) is 0 Å². The third-order valence-electron chi connectivity index (χ3n) is 3.46. The summed E-state index contributed by atoms with van der Waals surface area (Å²) in [6, 6.07) is 12.6. The molecular formula is C17H17Cl3N2O. The van der Waals surface area contributed by atoms with E-state index in [1.807, 2.05) is 37.3 Å². The lowest BCUT2D eigenvalue weighted by molar-refractivity contribution is -0.117. The standard InChI is InChI=1S/C17H17Cl3N2O/c1-10(12-6-4-3-5-7-12)21-11(2)17(23)22-16-9-14(19)13(18)8-15(16)20/h3-11,21H,1-2H3,(H,22,23)/t10-,11-/m0/s1. The average molecular weight is 372 g/mol. The summed E-state index contributed by atoms with van der Waals surface area (Å²) in [5.74, 6) is -0.201. The molecule has 2 aromatic rings. The first-order chi connectivity index (χ1) is 10.9. The minimum Gasteiger partial charge on any atom is -0.323 e. The van der Waals surface area contributed by atoms with E-state index in [0.29, 0.717) is 20.8 Å². The highest BCUT2D eigenvalue weighted by molar-refractivity contribution is 6.44. The Morgan fingerprint density at radius 2 is 1.57 bits per heavy atom. The van der Waals surface area contributed by atoms with E-state index in [0.717, 1.165) is 5.56 Å². The lowest BCUT2D eigenvalue weighted by Gasteiger charge is -2.20. The quantitative estimate of drug-likeness (QED) is 0.698. The first-order valence-electron chi connectivity index (χ1n) is 7.15. The molecule has 2 rings (SSSR count). The molecule has 2 atom stereocenters. The summed E-state index contributed by atoms with van der Waals surface area (Å²) >= 11 is 17.9. The van der Waals surface area contributed by atoms with Gasteiger partial charge in [-0.15, -0.1) is 0 Å². The van der Waals surface area contributed by atoms with Gasteiger partial charge in [0.2, 0.25) is 5.91 Å². The van der Waals surface area contributed by atoms with Crippen molar-refractivity contribution in [3.63, 3.8) is 0 Å². The van der Waals surface area contributed by atoms with Crippen LogP contribution in [0.1, 0.15) is 25.5 Å². The predicted molar refractivity (Wildman–Crippen MR) is 97.6 cm³/mol. The highest BCUT2D eigenvalue weighted by atomic mass is 35.5. The van der Waals surface area contributed by atoms with Crippen molar-refractivity contribution in [2.75, 3.05) is 5.32 Å². The largest absolute Gasteiger partial charge is 0.323 e. The second kappa shape index (κ2) is 8.02. The fraction of sp³-hybridized carbons (Fsp3) is 0.235. The van der Waals surface area contributed by atoms with Crippen molar-refractivity contribution in [3.8, 4) is 0 Å². The summed E-state index contributed by atoms with van der Waals surface area (Å²) in [5.41, 5.74) is 1.55. The summed E-state index contributed by atoms with van der Waals surface area (Å²) in [7, 11) is 0. The van der Waals surface area contributed by atoms with Crippen LogP contribution in [0.3, 0.4) is 0 Å². The van der Waals surface area contributed by atoms with Gasteiger partial charge in [0.15, 0.2) is 0 Å². The van der Waals surface area contributed by atoms with E-state index >= 15 is 0 Å². The number of carbonyl (C=O) groups excluding carboxylic acids is 1. The summed E-state index contributed by atoms with van der Waals surface area (Å²) in [4.78, 5) is 12.3. The van der Waals surface area contributed by atoms with Gasteiger partial charge in [0.05, 0.1) is 26.8 Å². The minimum atomic E-state index is -0.407. The van der Waals surface area contributed by atoms with Gasteiger partial charge in [-0.25, -0.2) is 0 Å². The van der Waals surface area contributed by atoms with Gasteiger partial charge in [-0.05, 0) is 31.5 Å². The Bertz CT molecular complexity index is 692. The van der Waals surface area contributed by atoms with Crippen LogP contribution in [0.5, 0.6) is 0 Å². The van der Waals surface area contributed by atoms with Gasteiger partial charge < -0.3 is 5.32 Å². The van der Waals surface area contributed by atoms with E-state index in [9.17, 15) is 4.79 Å². The number of benzene rings is 2. The molecule has 0 bridgehead atoms. The zero-order chi connectivity index (χ0) is 17.0. The molecule has 0 aromatic heterocycles. The molecule has 0 unspecified atom stereocenters. The molecule has 0 aliphatic carbocycles. The van der Waals surface area contributed by atoms with Crippen LogP contribution in [-0.4, -0.2) is 11.9 Å². The van der Waals surface area contributed by atoms with Crippen molar-refractivity contribution >= 4 is 46.4 Å². The third kappa shape index (κ3) is 4.85. The highest BCUT2D eigenvalue weighted by Gasteiger charge is 2.18. The number of rotatable bonds is 5. The Kier molecular flexibility index (Phi) is 6.31. The SMILES string of the molecule is C[C@H](N[C@@H](C)c1ccccc1)C(=O)Nc1cc(Cl)c(Cl)cc1Cl. The van der Waals surface area contributed by atoms with Gasteiger partial charge in [-0.2, -0.15) is 0 Å². The molecular weight excluding hydrogens is 355 g/mol. The molecule has 1 amide bonds. The molecule has 0 fully saturated rings. The Morgan fingerprint density at radius 1 is 0.957 bits per heavy atom. The van der Waals surface area contributed by atoms with E-state index in [4.69, 9.17) is 34.8 Å². The number of amides is 1. The predicted octanol–water partition coefficient (Wildman–Crippen LogP) is 5.32. The molecule has 122 valence electrons. The Labute approximate surface area is 150 Å². The molecule has 0 radical (unpaired) electrons. The van der Waals surface area contributed by atoms with Crippen LogP contribution < -0.4 is 10.6 Å². The van der Waals surface area contributed by atoms with E-state index < -0.39 is 6.04 Å². The van der Waals surface area contributed by atoms with Crippen LogP contribution in [0.2, 0.25) is 15.1 Å². The van der Waals surface area contributed by atoms with Crippen molar-refractivity contribution < 1.29 is 4.79 Å². The summed E-state index contributed by atoms with van der Waals surface area (Å²) in [6.07, 6.45) is 0. The second-order valence-electron chi connectivity index (χ2n) is 5.26. The van der Waals surface area contributed by atoms with Gasteiger partial charge in [-0.1, -0.05) is 65.1 Å². The van der Waals surface area contributed by atoms with Crippen LogP contribution in [-0.2, 0) is 4.79 Å². The van der Waals surface area contributed by atoms with Gasteiger partial charge >= 0.3 is 0 Å². The number of anilines is 1. The number of nitrogens with one attached hydrogen (secondary N) is 2. The Balaban J connectivity index is 2.02. The molecule has 0 heterocycles. The third-order valence-corrected chi connectivity index (χ3v) is 4.50. The maximum Gasteiger partial charge on any atom is 0.241 e. The van der Waals surface area contributed by atoms with Crippen molar-refractivity contribution in [2.45, 2.75) is 25.9 Å². The normalized spacial score (nSPS) is 13.4. The monoisotopic (exact) mass is 370 g/mol. The van der Waals surface area contributed by atoms with E-state index in [-0.39, 0.29) is 11.9 Å². The topological polar surface area (TPSA) is 41.1 Å². The van der Waals surface area contributed by atoms with E-state index in [1.54, 1.807) is 6.92 Å². The number of hydrogen-bond acceptors (Lipinski definition) is 2. The van der Waals surface area contributed by atoms with Crippen molar-refractivity contribution in [1.82, 2.24) is 5.32 Å². The average Bonchev–Trinajstić information content (AvgIpc) is 2.53. The summed E-state index contributed by atoms with van der Waals surface area (Å²) in [6.45, 7) is 3.80. The molecule has 23 heavy (non-hydrogen) atoms. The first-order valence-corrected chi connectivity index (χ1v) is 8.28. The van der Waals surface area contributed by atoms with Crippen LogP contribution in [0.15, 0.2) is 42.5 Å². The minimum absolute atomic E-state index is 0.0428. The van der Waals surface area contributed by atoms with Crippen LogP contribution in [0.25, 0.3) is 0 Å². The number of carbonyl (C=O) groups is 1. The molecule has 0 saturated carbocycles. The second-order valence-corrected chi connectivity index (χ2v) is 6.48. The Morgan fingerprint density at radius 3 is 2.22 bits per heavy atom. The zero-order valence-electron chi connectivity index (χ0n) is 12.7. The van der Waals surface area contributed by atoms with Gasteiger partial charge in [-0.3, -0.25) is 10.1 Å². The van der Waals surface area contributed by atoms with E-state index in [1.165, 1.54) is 12.1 Å². The van der Waals surface area contributed by atoms with Crippen LogP contribution in [0, 0.1) is 0 Å². The Hall–Kier alpha value is -1.26. The molecule has 6 heteroatoms. The number of hydrogen-bond donors (Lipinski definition) is 2. The van der Waals surface area contributed by atoms with Crippen molar-refractivity contribution in [3.05, 3.63) is 63.1 Å². The molecule has 2 aromatic carbocycles. The maximum absolute atomic E-state index is 12.3. The molecule has 0 spiro atoms. The summed E-state index contributed by atoms with van der Waals surface area (Å²) in [5, 5.41) is 7.03. The molecule has 3 nitrogen and oxygen atoms in total. The van der Waals surface area contributed by atoms with E-state index in [2.05, 4.69) is 10.6 Å².